The molecule has 3 heteroatoms. The molecule has 0 radical (unpaired) electrons. The van der Waals surface area contributed by atoms with Gasteiger partial charge < -0.3 is 10.5 Å². The van der Waals surface area contributed by atoms with Crippen LogP contribution in [0, 0.1) is 13.8 Å². The van der Waals surface area contributed by atoms with Crippen molar-refractivity contribution >= 4 is 12.4 Å². The molecule has 0 fully saturated rings. The van der Waals surface area contributed by atoms with Crippen LogP contribution in [0.2, 0.25) is 0 Å². The third kappa shape index (κ3) is 3.66. The van der Waals surface area contributed by atoms with Crippen LogP contribution in [0.1, 0.15) is 11.1 Å². The predicted molar refractivity (Wildman–Crippen MR) is 57.7 cm³/mol. The molecule has 0 aliphatic rings. The first-order valence-electron chi connectivity index (χ1n) is 4.14. The Balaban J connectivity index is 0.00000144. The van der Waals surface area contributed by atoms with E-state index in [0.29, 0.717) is 13.2 Å². The van der Waals surface area contributed by atoms with E-state index in [9.17, 15) is 0 Å². The van der Waals surface area contributed by atoms with Gasteiger partial charge in [-0.3, -0.25) is 0 Å². The van der Waals surface area contributed by atoms with Crippen molar-refractivity contribution in [2.24, 2.45) is 5.73 Å². The third-order valence-electron chi connectivity index (χ3n) is 1.71. The Morgan fingerprint density at radius 1 is 1.31 bits per heavy atom. The van der Waals surface area contributed by atoms with Gasteiger partial charge in [-0.15, -0.1) is 12.4 Å². The maximum atomic E-state index is 5.42. The van der Waals surface area contributed by atoms with Crippen LogP contribution in [-0.2, 0) is 0 Å². The normalized spacial score (nSPS) is 9.15. The molecule has 0 heterocycles. The van der Waals surface area contributed by atoms with E-state index in [0.717, 1.165) is 5.75 Å². The van der Waals surface area contributed by atoms with E-state index >= 15 is 0 Å². The summed E-state index contributed by atoms with van der Waals surface area (Å²) in [5, 5.41) is 0. The summed E-state index contributed by atoms with van der Waals surface area (Å²) in [5.41, 5.74) is 7.76. The molecule has 1 aromatic carbocycles. The van der Waals surface area contributed by atoms with Crippen LogP contribution >= 0.6 is 12.4 Å². The molecule has 0 aliphatic heterocycles. The van der Waals surface area contributed by atoms with E-state index in [1.807, 2.05) is 19.1 Å². The van der Waals surface area contributed by atoms with Gasteiger partial charge in [-0.1, -0.05) is 17.7 Å². The lowest BCUT2D eigenvalue weighted by Crippen LogP contribution is -2.11. The minimum atomic E-state index is 0. The second-order valence-electron chi connectivity index (χ2n) is 2.91. The van der Waals surface area contributed by atoms with Crippen molar-refractivity contribution in [3.8, 4) is 5.75 Å². The molecule has 0 saturated heterocycles. The van der Waals surface area contributed by atoms with Crippen molar-refractivity contribution in [3.63, 3.8) is 0 Å². The Bertz CT molecular complexity index is 263. The Labute approximate surface area is 85.5 Å². The Morgan fingerprint density at radius 2 is 2.00 bits per heavy atom. The van der Waals surface area contributed by atoms with Crippen LogP contribution in [0.4, 0.5) is 0 Å². The molecule has 1 rings (SSSR count). The molecular weight excluding hydrogens is 186 g/mol. The Kier molecular flexibility index (Phi) is 5.51. The standard InChI is InChI=1S/C10H15NO.ClH/c1-8-3-4-10(9(2)7-8)12-6-5-11;/h3-4,7H,5-6,11H2,1-2H3;1H. The summed E-state index contributed by atoms with van der Waals surface area (Å²) in [5.74, 6) is 0.936. The maximum absolute atomic E-state index is 5.42. The Morgan fingerprint density at radius 3 is 2.54 bits per heavy atom. The lowest BCUT2D eigenvalue weighted by Gasteiger charge is -2.07. The van der Waals surface area contributed by atoms with Gasteiger partial charge in [0.1, 0.15) is 12.4 Å². The number of aryl methyl sites for hydroxylation is 2. The number of benzene rings is 1. The lowest BCUT2D eigenvalue weighted by atomic mass is 10.1. The summed E-state index contributed by atoms with van der Waals surface area (Å²) in [6, 6.07) is 6.13. The molecule has 0 aliphatic carbocycles. The van der Waals surface area contributed by atoms with Crippen LogP contribution in [0.5, 0.6) is 5.75 Å². The highest BCUT2D eigenvalue weighted by molar-refractivity contribution is 5.85. The molecule has 0 spiro atoms. The summed E-state index contributed by atoms with van der Waals surface area (Å²) in [6.07, 6.45) is 0. The molecule has 0 aromatic heterocycles. The van der Waals surface area contributed by atoms with Crippen molar-refractivity contribution in [2.75, 3.05) is 13.2 Å². The molecule has 0 atom stereocenters. The number of halogens is 1. The second kappa shape index (κ2) is 5.84. The van der Waals surface area contributed by atoms with Gasteiger partial charge >= 0.3 is 0 Å². The van der Waals surface area contributed by atoms with Gasteiger partial charge in [0.25, 0.3) is 0 Å². The molecule has 0 bridgehead atoms. The minimum Gasteiger partial charge on any atom is -0.492 e. The number of hydrogen-bond acceptors (Lipinski definition) is 2. The van der Waals surface area contributed by atoms with E-state index in [-0.39, 0.29) is 12.4 Å². The SMILES string of the molecule is Cc1ccc(OCCN)c(C)c1.Cl. The van der Waals surface area contributed by atoms with Crippen LogP contribution in [0.15, 0.2) is 18.2 Å². The van der Waals surface area contributed by atoms with Crippen LogP contribution in [0.25, 0.3) is 0 Å². The van der Waals surface area contributed by atoms with Crippen LogP contribution in [0.3, 0.4) is 0 Å². The molecule has 0 amide bonds. The van der Waals surface area contributed by atoms with Gasteiger partial charge in [-0.05, 0) is 25.5 Å². The first-order chi connectivity index (χ1) is 5.74. The van der Waals surface area contributed by atoms with Gasteiger partial charge in [0, 0.05) is 6.54 Å². The predicted octanol–water partition coefficient (Wildman–Crippen LogP) is 2.06. The molecule has 1 aromatic rings. The second-order valence-corrected chi connectivity index (χ2v) is 2.91. The summed E-state index contributed by atoms with van der Waals surface area (Å²) >= 11 is 0. The first kappa shape index (κ1) is 12.3. The number of hydrogen-bond donors (Lipinski definition) is 1. The fraction of sp³-hybridized carbons (Fsp3) is 0.400. The number of ether oxygens (including phenoxy) is 1. The average Bonchev–Trinajstić information content (AvgIpc) is 2.03. The zero-order valence-corrected chi connectivity index (χ0v) is 8.86. The maximum Gasteiger partial charge on any atom is 0.122 e. The fourth-order valence-corrected chi connectivity index (χ4v) is 1.13. The summed E-state index contributed by atoms with van der Waals surface area (Å²) in [4.78, 5) is 0. The Hall–Kier alpha value is -0.730. The first-order valence-corrected chi connectivity index (χ1v) is 4.14. The lowest BCUT2D eigenvalue weighted by molar-refractivity contribution is 0.326. The smallest absolute Gasteiger partial charge is 0.122 e. The molecule has 2 nitrogen and oxygen atoms in total. The molecular formula is C10H16ClNO. The van der Waals surface area contributed by atoms with Gasteiger partial charge in [-0.25, -0.2) is 0 Å². The van der Waals surface area contributed by atoms with Crippen LogP contribution in [-0.4, -0.2) is 13.2 Å². The van der Waals surface area contributed by atoms with E-state index < -0.39 is 0 Å². The average molecular weight is 202 g/mol. The van der Waals surface area contributed by atoms with E-state index in [1.54, 1.807) is 0 Å². The monoisotopic (exact) mass is 201 g/mol. The highest BCUT2D eigenvalue weighted by atomic mass is 35.5. The third-order valence-corrected chi connectivity index (χ3v) is 1.71. The van der Waals surface area contributed by atoms with Crippen molar-refractivity contribution in [1.82, 2.24) is 0 Å². The van der Waals surface area contributed by atoms with E-state index in [2.05, 4.69) is 13.0 Å². The van der Waals surface area contributed by atoms with Crippen molar-refractivity contribution < 1.29 is 4.74 Å². The minimum absolute atomic E-state index is 0. The molecule has 13 heavy (non-hydrogen) atoms. The zero-order valence-electron chi connectivity index (χ0n) is 8.04. The van der Waals surface area contributed by atoms with Crippen molar-refractivity contribution in [3.05, 3.63) is 29.3 Å². The summed E-state index contributed by atoms with van der Waals surface area (Å²) in [7, 11) is 0. The number of nitrogens with two attached hydrogens (primary N) is 1. The number of rotatable bonds is 3. The van der Waals surface area contributed by atoms with Crippen molar-refractivity contribution in [1.29, 1.82) is 0 Å². The summed E-state index contributed by atoms with van der Waals surface area (Å²) in [6.45, 7) is 5.26. The molecule has 0 unspecified atom stereocenters. The fourth-order valence-electron chi connectivity index (χ4n) is 1.13. The van der Waals surface area contributed by atoms with E-state index in [4.69, 9.17) is 10.5 Å². The van der Waals surface area contributed by atoms with Gasteiger partial charge in [-0.2, -0.15) is 0 Å². The molecule has 0 saturated carbocycles. The molecule has 74 valence electrons. The molecule has 2 N–H and O–H groups in total. The van der Waals surface area contributed by atoms with Crippen LogP contribution < -0.4 is 10.5 Å². The largest absolute Gasteiger partial charge is 0.492 e. The quantitative estimate of drug-likeness (QED) is 0.813. The highest BCUT2D eigenvalue weighted by Gasteiger charge is 1.97. The zero-order chi connectivity index (χ0) is 8.97. The van der Waals surface area contributed by atoms with Gasteiger partial charge in [0.15, 0.2) is 0 Å². The summed E-state index contributed by atoms with van der Waals surface area (Å²) < 4.78 is 5.42. The van der Waals surface area contributed by atoms with Gasteiger partial charge in [0.2, 0.25) is 0 Å². The topological polar surface area (TPSA) is 35.2 Å². The van der Waals surface area contributed by atoms with Crippen molar-refractivity contribution in [2.45, 2.75) is 13.8 Å². The van der Waals surface area contributed by atoms with E-state index in [1.165, 1.54) is 11.1 Å². The highest BCUT2D eigenvalue weighted by Crippen LogP contribution is 2.18. The van der Waals surface area contributed by atoms with Gasteiger partial charge in [0.05, 0.1) is 0 Å².